The van der Waals surface area contributed by atoms with Crippen molar-refractivity contribution in [3.05, 3.63) is 0 Å². The van der Waals surface area contributed by atoms with Gasteiger partial charge in [-0.3, -0.25) is 0 Å². The molecule has 0 aromatic carbocycles. The van der Waals surface area contributed by atoms with Gasteiger partial charge in [-0.15, -0.1) is 11.6 Å². The number of carbonyl (C=O) groups is 2. The van der Waals surface area contributed by atoms with Crippen LogP contribution in [0.5, 0.6) is 0 Å². The van der Waals surface area contributed by atoms with Crippen LogP contribution in [0.2, 0.25) is 0 Å². The summed E-state index contributed by atoms with van der Waals surface area (Å²) in [4.78, 5) is 23.7. The van der Waals surface area contributed by atoms with E-state index in [4.69, 9.17) is 11.6 Å². The van der Waals surface area contributed by atoms with E-state index in [0.717, 1.165) is 9.80 Å². The lowest BCUT2D eigenvalue weighted by Crippen LogP contribution is -2.62. The molecule has 0 bridgehead atoms. The minimum Gasteiger partial charge on any atom is -0.530 e. The molecule has 0 aromatic rings. The van der Waals surface area contributed by atoms with Gasteiger partial charge in [0.25, 0.3) is 0 Å². The summed E-state index contributed by atoms with van der Waals surface area (Å²) in [6, 6.07) is 0. The Bertz CT molecular complexity index is 253. The zero-order chi connectivity index (χ0) is 13.6. The quantitative estimate of drug-likeness (QED) is 0.485. The Kier molecular flexibility index (Phi) is 6.72. The third-order valence-corrected chi connectivity index (χ3v) is 3.04. The van der Waals surface area contributed by atoms with Gasteiger partial charge < -0.3 is 29.6 Å². The van der Waals surface area contributed by atoms with E-state index in [-0.39, 0.29) is 13.1 Å². The molecule has 1 atom stereocenters. The molecule has 0 aliphatic heterocycles. The van der Waals surface area contributed by atoms with Crippen molar-refractivity contribution in [3.63, 3.8) is 0 Å². The molecule has 17 heavy (non-hydrogen) atoms. The maximum absolute atomic E-state index is 11.0. The highest BCUT2D eigenvalue weighted by Crippen LogP contribution is 2.18. The van der Waals surface area contributed by atoms with Crippen LogP contribution in [-0.4, -0.2) is 46.6 Å². The largest absolute Gasteiger partial charge is 0.530 e. The van der Waals surface area contributed by atoms with Crippen LogP contribution in [0.3, 0.4) is 0 Å². The Morgan fingerprint density at radius 2 is 1.41 bits per heavy atom. The summed E-state index contributed by atoms with van der Waals surface area (Å²) in [6.07, 6.45) is -3.45. The standard InChI is InChI=1S/C10H19ClN2O4/c1-4-7(11)8(12(5-2)9(14)15)13(6-3)10(16)17/h7-8H,4-6H2,1-3H3,(H,14,15)(H,16,17)/p-2. The van der Waals surface area contributed by atoms with Crippen molar-refractivity contribution >= 4 is 23.8 Å². The van der Waals surface area contributed by atoms with Crippen molar-refractivity contribution in [2.75, 3.05) is 13.1 Å². The van der Waals surface area contributed by atoms with Gasteiger partial charge >= 0.3 is 0 Å². The Hall–Kier alpha value is -1.17. The lowest BCUT2D eigenvalue weighted by molar-refractivity contribution is -0.282. The van der Waals surface area contributed by atoms with Gasteiger partial charge in [0.2, 0.25) is 0 Å². The molecule has 0 heterocycles. The molecule has 100 valence electrons. The average molecular weight is 265 g/mol. The summed E-state index contributed by atoms with van der Waals surface area (Å²) in [6.45, 7) is 5.12. The lowest BCUT2D eigenvalue weighted by atomic mass is 10.2. The molecule has 0 fully saturated rings. The Morgan fingerprint density at radius 3 is 1.59 bits per heavy atom. The average Bonchev–Trinajstić information content (AvgIpc) is 2.27. The summed E-state index contributed by atoms with van der Waals surface area (Å²) in [5.74, 6) is 0. The molecule has 7 heteroatoms. The fourth-order valence-corrected chi connectivity index (χ4v) is 1.89. The summed E-state index contributed by atoms with van der Waals surface area (Å²) >= 11 is 6.00. The maximum Gasteiger partial charge on any atom is 0.138 e. The molecule has 1 unspecified atom stereocenters. The summed E-state index contributed by atoms with van der Waals surface area (Å²) < 4.78 is 0. The molecule has 0 N–H and O–H groups in total. The number of rotatable bonds is 6. The van der Waals surface area contributed by atoms with Gasteiger partial charge in [0, 0.05) is 13.1 Å². The number of hydrogen-bond acceptors (Lipinski definition) is 4. The molecule has 0 aromatic heterocycles. The normalized spacial score (nSPS) is 12.3. The first-order valence-electron chi connectivity index (χ1n) is 5.49. The van der Waals surface area contributed by atoms with Crippen LogP contribution in [0, 0.1) is 0 Å². The van der Waals surface area contributed by atoms with Gasteiger partial charge in [-0.05, 0) is 20.3 Å². The smallest absolute Gasteiger partial charge is 0.138 e. The monoisotopic (exact) mass is 264 g/mol. The molecule has 0 saturated heterocycles. The van der Waals surface area contributed by atoms with Crippen molar-refractivity contribution < 1.29 is 19.8 Å². The molecular formula is C10H17ClN2O4-2. The van der Waals surface area contributed by atoms with E-state index in [2.05, 4.69) is 0 Å². The maximum atomic E-state index is 11.0. The number of alkyl halides is 1. The second-order valence-corrected chi connectivity index (χ2v) is 4.00. The first-order valence-corrected chi connectivity index (χ1v) is 5.93. The number of carboxylic acid groups (broad SMARTS) is 2. The molecule has 0 aliphatic rings. The van der Waals surface area contributed by atoms with E-state index in [1.54, 1.807) is 20.8 Å². The van der Waals surface area contributed by atoms with Gasteiger partial charge in [-0.25, -0.2) is 0 Å². The summed E-state index contributed by atoms with van der Waals surface area (Å²) in [5.41, 5.74) is 0. The number of nitrogens with zero attached hydrogens (tertiary/aromatic N) is 2. The van der Waals surface area contributed by atoms with E-state index >= 15 is 0 Å². The highest BCUT2D eigenvalue weighted by atomic mass is 35.5. The minimum absolute atomic E-state index is 0.0972. The Balaban J connectivity index is 5.22. The number of amides is 2. The van der Waals surface area contributed by atoms with Crippen molar-refractivity contribution in [2.24, 2.45) is 0 Å². The molecule has 0 radical (unpaired) electrons. The first kappa shape index (κ1) is 15.8. The zero-order valence-corrected chi connectivity index (χ0v) is 10.9. The SMILES string of the molecule is CCC(Cl)C(N(CC)C(=O)[O-])N(CC)C(=O)[O-]. The third-order valence-electron chi connectivity index (χ3n) is 2.50. The fraction of sp³-hybridized carbons (Fsp3) is 0.800. The van der Waals surface area contributed by atoms with Crippen LogP contribution < -0.4 is 10.2 Å². The van der Waals surface area contributed by atoms with Crippen LogP contribution in [0.1, 0.15) is 27.2 Å². The van der Waals surface area contributed by atoms with Gasteiger partial charge in [0.1, 0.15) is 18.4 Å². The molecule has 0 aliphatic carbocycles. The van der Waals surface area contributed by atoms with E-state index in [9.17, 15) is 19.8 Å². The zero-order valence-electron chi connectivity index (χ0n) is 10.2. The van der Waals surface area contributed by atoms with Crippen LogP contribution in [-0.2, 0) is 0 Å². The number of hydrogen-bond donors (Lipinski definition) is 0. The molecular weight excluding hydrogens is 248 g/mol. The first-order chi connectivity index (χ1) is 7.90. The van der Waals surface area contributed by atoms with Crippen LogP contribution in [0.4, 0.5) is 9.59 Å². The van der Waals surface area contributed by atoms with E-state index in [0.29, 0.717) is 6.42 Å². The van der Waals surface area contributed by atoms with E-state index in [1.807, 2.05) is 0 Å². The van der Waals surface area contributed by atoms with Crippen molar-refractivity contribution in [1.29, 1.82) is 0 Å². The molecule has 0 saturated carbocycles. The van der Waals surface area contributed by atoms with E-state index in [1.165, 1.54) is 0 Å². The highest BCUT2D eigenvalue weighted by Gasteiger charge is 2.29. The minimum atomic E-state index is -1.45. The fourth-order valence-electron chi connectivity index (χ4n) is 1.62. The molecule has 6 nitrogen and oxygen atoms in total. The third kappa shape index (κ3) is 3.96. The van der Waals surface area contributed by atoms with Gasteiger partial charge in [-0.2, -0.15) is 0 Å². The van der Waals surface area contributed by atoms with Crippen LogP contribution in [0.15, 0.2) is 0 Å². The van der Waals surface area contributed by atoms with Gasteiger partial charge in [0.15, 0.2) is 0 Å². The van der Waals surface area contributed by atoms with Crippen LogP contribution in [0.25, 0.3) is 0 Å². The second kappa shape index (κ2) is 7.21. The lowest BCUT2D eigenvalue weighted by Gasteiger charge is -2.43. The predicted octanol–water partition coefficient (Wildman–Crippen LogP) is -0.340. The van der Waals surface area contributed by atoms with Crippen molar-refractivity contribution in [2.45, 2.75) is 38.7 Å². The molecule has 0 rings (SSSR count). The topological polar surface area (TPSA) is 86.7 Å². The van der Waals surface area contributed by atoms with Gasteiger partial charge in [-0.1, -0.05) is 6.92 Å². The number of carbonyl (C=O) groups excluding carboxylic acids is 2. The second-order valence-electron chi connectivity index (χ2n) is 3.44. The van der Waals surface area contributed by atoms with Gasteiger partial charge in [0.05, 0.1) is 5.38 Å². The Morgan fingerprint density at radius 1 is 1.06 bits per heavy atom. The summed E-state index contributed by atoms with van der Waals surface area (Å²) in [7, 11) is 0. The molecule has 2 amide bonds. The van der Waals surface area contributed by atoms with Crippen molar-refractivity contribution in [1.82, 2.24) is 9.80 Å². The van der Waals surface area contributed by atoms with Crippen LogP contribution >= 0.6 is 11.6 Å². The van der Waals surface area contributed by atoms with E-state index < -0.39 is 23.7 Å². The summed E-state index contributed by atoms with van der Waals surface area (Å²) in [5, 5.41) is 21.3. The molecule has 0 spiro atoms. The predicted molar refractivity (Wildman–Crippen MR) is 59.3 cm³/mol. The number of halogens is 1. The Labute approximate surface area is 106 Å². The van der Waals surface area contributed by atoms with Crippen molar-refractivity contribution in [3.8, 4) is 0 Å². The highest BCUT2D eigenvalue weighted by molar-refractivity contribution is 6.21.